The molecule has 170 valence electrons. The molecule has 4 heterocycles. The topological polar surface area (TPSA) is 73.5 Å². The predicted molar refractivity (Wildman–Crippen MR) is 143 cm³/mol. The Balaban J connectivity index is 1.59. The van der Waals surface area contributed by atoms with Gasteiger partial charge < -0.3 is 9.88 Å². The van der Waals surface area contributed by atoms with Crippen LogP contribution in [-0.2, 0) is 0 Å². The van der Waals surface area contributed by atoms with Crippen LogP contribution in [0.1, 0.15) is 12.5 Å². The molecular formula is C27H26N6S. The molecule has 0 unspecified atom stereocenters. The van der Waals surface area contributed by atoms with Gasteiger partial charge in [0.15, 0.2) is 5.82 Å². The van der Waals surface area contributed by atoms with Crippen molar-refractivity contribution in [3.8, 4) is 22.6 Å². The van der Waals surface area contributed by atoms with Gasteiger partial charge in [0, 0.05) is 23.7 Å². The van der Waals surface area contributed by atoms with Crippen molar-refractivity contribution in [1.29, 1.82) is 0 Å². The van der Waals surface area contributed by atoms with Crippen molar-refractivity contribution in [3.63, 3.8) is 0 Å². The first kappa shape index (κ1) is 22.0. The van der Waals surface area contributed by atoms with Gasteiger partial charge in [-0.3, -0.25) is 10.1 Å². The quantitative estimate of drug-likeness (QED) is 0.276. The van der Waals surface area contributed by atoms with E-state index in [0.29, 0.717) is 0 Å². The van der Waals surface area contributed by atoms with Gasteiger partial charge in [0.2, 0.25) is 0 Å². The molecule has 0 bridgehead atoms. The summed E-state index contributed by atoms with van der Waals surface area (Å²) in [5.74, 6) is 0.722. The zero-order valence-corrected chi connectivity index (χ0v) is 20.3. The summed E-state index contributed by atoms with van der Waals surface area (Å²) in [6, 6.07) is 8.44. The van der Waals surface area contributed by atoms with Crippen molar-refractivity contribution < 1.29 is 0 Å². The van der Waals surface area contributed by atoms with Crippen molar-refractivity contribution >= 4 is 38.8 Å². The highest BCUT2D eigenvalue weighted by molar-refractivity contribution is 7.08. The molecule has 0 aliphatic rings. The van der Waals surface area contributed by atoms with Crippen molar-refractivity contribution in [3.05, 3.63) is 83.4 Å². The van der Waals surface area contributed by atoms with Crippen LogP contribution < -0.4 is 0 Å². The summed E-state index contributed by atoms with van der Waals surface area (Å²) in [5, 5.41) is 12.9. The first-order valence-corrected chi connectivity index (χ1v) is 12.0. The number of rotatable bonds is 7. The molecule has 0 saturated carbocycles. The molecule has 5 rings (SSSR count). The minimum atomic E-state index is 0.722. The maximum atomic E-state index is 4.93. The number of aromatic amines is 2. The number of aromatic nitrogens is 5. The lowest BCUT2D eigenvalue weighted by molar-refractivity contribution is 0.449. The molecule has 2 N–H and O–H groups in total. The summed E-state index contributed by atoms with van der Waals surface area (Å²) in [7, 11) is 4.12. The van der Waals surface area contributed by atoms with Crippen LogP contribution in [0, 0.1) is 0 Å². The van der Waals surface area contributed by atoms with Crippen LogP contribution in [0.5, 0.6) is 0 Å². The fraction of sp³-hybridized carbons (Fsp3) is 0.148. The van der Waals surface area contributed by atoms with E-state index in [1.54, 1.807) is 11.3 Å². The fourth-order valence-corrected chi connectivity index (χ4v) is 4.77. The Hall–Kier alpha value is -3.81. The number of hydrogen-bond donors (Lipinski definition) is 2. The lowest BCUT2D eigenvalue weighted by atomic mass is 10.00. The maximum absolute atomic E-state index is 4.93. The first-order chi connectivity index (χ1) is 16.6. The third kappa shape index (κ3) is 4.11. The summed E-state index contributed by atoms with van der Waals surface area (Å²) in [4.78, 5) is 14.9. The van der Waals surface area contributed by atoms with E-state index in [4.69, 9.17) is 4.98 Å². The van der Waals surface area contributed by atoms with E-state index in [1.165, 1.54) is 0 Å². The highest BCUT2D eigenvalue weighted by Gasteiger charge is 2.16. The summed E-state index contributed by atoms with van der Waals surface area (Å²) < 4.78 is 0. The molecule has 4 aromatic heterocycles. The van der Waals surface area contributed by atoms with E-state index < -0.39 is 0 Å². The number of H-pyrrole nitrogens is 2. The minimum Gasteiger partial charge on any atom is -0.335 e. The number of benzene rings is 1. The lowest BCUT2D eigenvalue weighted by Gasteiger charge is -2.11. The second-order valence-corrected chi connectivity index (χ2v) is 9.20. The molecule has 0 spiro atoms. The average Bonchev–Trinajstić information content (AvgIpc) is 3.59. The van der Waals surface area contributed by atoms with E-state index in [-0.39, 0.29) is 0 Å². The SMILES string of the molecule is C=C/C(=C\C(=C/C)c1ccc2[nH]nc(-c3nc4c(-c5ccsc5)cncc4[nH]3)c2c1)CN(C)C. The predicted octanol–water partition coefficient (Wildman–Crippen LogP) is 6.31. The van der Waals surface area contributed by atoms with Crippen molar-refractivity contribution in [2.24, 2.45) is 0 Å². The average molecular weight is 467 g/mol. The second-order valence-electron chi connectivity index (χ2n) is 8.42. The molecule has 0 radical (unpaired) electrons. The molecule has 5 aromatic rings. The van der Waals surface area contributed by atoms with Crippen LogP contribution in [0.15, 0.2) is 77.8 Å². The molecule has 0 fully saturated rings. The van der Waals surface area contributed by atoms with Gasteiger partial charge in [-0.1, -0.05) is 30.9 Å². The molecular weight excluding hydrogens is 440 g/mol. The zero-order valence-electron chi connectivity index (χ0n) is 19.5. The smallest absolute Gasteiger partial charge is 0.159 e. The van der Waals surface area contributed by atoms with Gasteiger partial charge in [-0.15, -0.1) is 0 Å². The van der Waals surface area contributed by atoms with E-state index in [2.05, 4.69) is 99.8 Å². The van der Waals surface area contributed by atoms with Crippen LogP contribution in [-0.4, -0.2) is 50.7 Å². The van der Waals surface area contributed by atoms with Gasteiger partial charge in [0.05, 0.1) is 17.2 Å². The van der Waals surface area contributed by atoms with Gasteiger partial charge in [-0.05, 0) is 72.3 Å². The van der Waals surface area contributed by atoms with Gasteiger partial charge in [0.1, 0.15) is 11.2 Å². The van der Waals surface area contributed by atoms with Crippen LogP contribution in [0.3, 0.4) is 0 Å². The molecule has 1 aromatic carbocycles. The Bertz CT molecular complexity index is 1530. The monoisotopic (exact) mass is 466 g/mol. The minimum absolute atomic E-state index is 0.722. The Morgan fingerprint density at radius 2 is 2.06 bits per heavy atom. The third-order valence-corrected chi connectivity index (χ3v) is 6.44. The highest BCUT2D eigenvalue weighted by Crippen LogP contribution is 2.33. The van der Waals surface area contributed by atoms with E-state index in [1.807, 2.05) is 18.5 Å². The first-order valence-electron chi connectivity index (χ1n) is 11.1. The number of fused-ring (bicyclic) bond motifs is 2. The van der Waals surface area contributed by atoms with E-state index in [0.717, 1.165) is 67.8 Å². The van der Waals surface area contributed by atoms with Crippen LogP contribution >= 0.6 is 11.3 Å². The van der Waals surface area contributed by atoms with E-state index in [9.17, 15) is 0 Å². The van der Waals surface area contributed by atoms with Gasteiger partial charge in [0.25, 0.3) is 0 Å². The number of allylic oxidation sites excluding steroid dienone is 3. The number of pyridine rings is 1. The molecule has 0 aliphatic heterocycles. The number of nitrogens with zero attached hydrogens (tertiary/aromatic N) is 4. The van der Waals surface area contributed by atoms with Crippen molar-refractivity contribution in [2.75, 3.05) is 20.6 Å². The Morgan fingerprint density at radius 3 is 2.79 bits per heavy atom. The number of hydrogen-bond acceptors (Lipinski definition) is 5. The number of nitrogens with one attached hydrogen (secondary N) is 2. The summed E-state index contributed by atoms with van der Waals surface area (Å²) in [6.07, 6.45) is 9.91. The van der Waals surface area contributed by atoms with Gasteiger partial charge in [-0.25, -0.2) is 4.98 Å². The molecule has 7 heteroatoms. The summed E-state index contributed by atoms with van der Waals surface area (Å²) >= 11 is 1.66. The van der Waals surface area contributed by atoms with Crippen LogP contribution in [0.25, 0.3) is 50.2 Å². The molecule has 6 nitrogen and oxygen atoms in total. The molecule has 34 heavy (non-hydrogen) atoms. The summed E-state index contributed by atoms with van der Waals surface area (Å²) in [6.45, 7) is 6.87. The molecule has 0 saturated heterocycles. The number of likely N-dealkylation sites (N-methyl/N-ethyl adjacent to an activating group) is 1. The normalized spacial score (nSPS) is 12.8. The van der Waals surface area contributed by atoms with E-state index >= 15 is 0 Å². The van der Waals surface area contributed by atoms with Gasteiger partial charge >= 0.3 is 0 Å². The second kappa shape index (κ2) is 9.21. The lowest BCUT2D eigenvalue weighted by Crippen LogP contribution is -2.14. The molecule has 0 atom stereocenters. The molecule has 0 amide bonds. The number of imidazole rings is 1. The Morgan fingerprint density at radius 1 is 1.18 bits per heavy atom. The highest BCUT2D eigenvalue weighted by atomic mass is 32.1. The van der Waals surface area contributed by atoms with Crippen molar-refractivity contribution in [2.45, 2.75) is 6.92 Å². The maximum Gasteiger partial charge on any atom is 0.159 e. The number of thiophene rings is 1. The third-order valence-electron chi connectivity index (χ3n) is 5.76. The van der Waals surface area contributed by atoms with Crippen LogP contribution in [0.4, 0.5) is 0 Å². The zero-order chi connectivity index (χ0) is 23.7. The largest absolute Gasteiger partial charge is 0.335 e. The Kier molecular flexibility index (Phi) is 5.96. The standard InChI is InChI=1S/C27H26N6S/c1-5-17(15-33(3)4)11-18(6-2)19-7-8-23-21(12-19)26(32-31-23)27-29-24-14-28-13-22(25(24)30-27)20-9-10-34-16-20/h5-14,16H,1,15H2,2-4H3,(H,29,30)(H,31,32)/b17-11+,18-6+. The van der Waals surface area contributed by atoms with Crippen molar-refractivity contribution in [1.82, 2.24) is 30.0 Å². The van der Waals surface area contributed by atoms with Crippen LogP contribution in [0.2, 0.25) is 0 Å². The Labute approximate surface area is 202 Å². The fourth-order valence-electron chi connectivity index (χ4n) is 4.12. The van der Waals surface area contributed by atoms with Gasteiger partial charge in [-0.2, -0.15) is 16.4 Å². The summed E-state index contributed by atoms with van der Waals surface area (Å²) in [5.41, 5.74) is 9.10. The molecule has 0 aliphatic carbocycles.